The van der Waals surface area contributed by atoms with E-state index in [0.29, 0.717) is 17.3 Å². The lowest BCUT2D eigenvalue weighted by Crippen LogP contribution is -2.28. The summed E-state index contributed by atoms with van der Waals surface area (Å²) in [5.41, 5.74) is 2.93. The highest BCUT2D eigenvalue weighted by Gasteiger charge is 2.18. The van der Waals surface area contributed by atoms with Crippen molar-refractivity contribution in [3.63, 3.8) is 0 Å². The van der Waals surface area contributed by atoms with E-state index in [-0.39, 0.29) is 11.9 Å². The number of hydrogen-bond acceptors (Lipinski definition) is 6. The zero-order valence-electron chi connectivity index (χ0n) is 14.8. The Balaban J connectivity index is 1.80. The summed E-state index contributed by atoms with van der Waals surface area (Å²) in [6, 6.07) is 6.81. The van der Waals surface area contributed by atoms with Gasteiger partial charge in [0.1, 0.15) is 5.56 Å². The minimum absolute atomic E-state index is 0.264. The predicted octanol–water partition coefficient (Wildman–Crippen LogP) is 2.74. The first-order valence-electron chi connectivity index (χ1n) is 8.14. The normalized spacial score (nSPS) is 11.7. The van der Waals surface area contributed by atoms with Gasteiger partial charge in [-0.05, 0) is 38.1 Å². The van der Waals surface area contributed by atoms with Gasteiger partial charge >= 0.3 is 0 Å². The van der Waals surface area contributed by atoms with Gasteiger partial charge in [0.2, 0.25) is 5.88 Å². The van der Waals surface area contributed by atoms with Gasteiger partial charge in [-0.25, -0.2) is 15.0 Å². The van der Waals surface area contributed by atoms with Crippen LogP contribution in [0.25, 0.3) is 11.4 Å². The Hall–Kier alpha value is -3.35. The van der Waals surface area contributed by atoms with Gasteiger partial charge in [-0.2, -0.15) is 0 Å². The van der Waals surface area contributed by atoms with Gasteiger partial charge < -0.3 is 10.1 Å². The summed E-state index contributed by atoms with van der Waals surface area (Å²) in [7, 11) is 1.48. The highest BCUT2D eigenvalue weighted by Crippen LogP contribution is 2.21. The van der Waals surface area contributed by atoms with Crippen molar-refractivity contribution in [3.05, 3.63) is 65.9 Å². The van der Waals surface area contributed by atoms with Crippen molar-refractivity contribution >= 4 is 5.91 Å². The number of aryl methyl sites for hydroxylation is 1. The van der Waals surface area contributed by atoms with E-state index in [1.165, 1.54) is 7.11 Å². The van der Waals surface area contributed by atoms with Crippen molar-refractivity contribution < 1.29 is 9.53 Å². The second-order valence-electron chi connectivity index (χ2n) is 5.73. The Bertz CT molecular complexity index is 915. The van der Waals surface area contributed by atoms with Gasteiger partial charge in [0.05, 0.1) is 13.2 Å². The topological polar surface area (TPSA) is 89.9 Å². The fraction of sp³-hybridized carbons (Fsp3) is 0.211. The maximum atomic E-state index is 12.5. The number of aromatic nitrogens is 4. The third-order valence-corrected chi connectivity index (χ3v) is 3.98. The summed E-state index contributed by atoms with van der Waals surface area (Å²) < 4.78 is 5.14. The third-order valence-electron chi connectivity index (χ3n) is 3.98. The van der Waals surface area contributed by atoms with Crippen LogP contribution in [0.5, 0.6) is 5.88 Å². The van der Waals surface area contributed by atoms with Gasteiger partial charge in [0.25, 0.3) is 5.91 Å². The zero-order chi connectivity index (χ0) is 18.5. The molecular weight excluding hydrogens is 330 g/mol. The molecule has 0 aliphatic carbocycles. The number of rotatable bonds is 5. The monoisotopic (exact) mass is 349 g/mol. The number of hydrogen-bond donors (Lipinski definition) is 1. The first kappa shape index (κ1) is 17.5. The highest BCUT2D eigenvalue weighted by molar-refractivity contribution is 5.96. The summed E-state index contributed by atoms with van der Waals surface area (Å²) in [5, 5.41) is 2.94. The van der Waals surface area contributed by atoms with Crippen LogP contribution in [0, 0.1) is 6.92 Å². The molecule has 0 aliphatic heterocycles. The lowest BCUT2D eigenvalue weighted by Gasteiger charge is -2.17. The van der Waals surface area contributed by atoms with E-state index in [0.717, 1.165) is 16.8 Å². The molecule has 3 aromatic heterocycles. The Morgan fingerprint density at radius 2 is 1.92 bits per heavy atom. The molecule has 0 unspecified atom stereocenters. The Morgan fingerprint density at radius 3 is 2.62 bits per heavy atom. The number of methoxy groups -OCH3 is 1. The van der Waals surface area contributed by atoms with Crippen LogP contribution in [0.2, 0.25) is 0 Å². The van der Waals surface area contributed by atoms with Crippen molar-refractivity contribution in [2.24, 2.45) is 0 Å². The zero-order valence-corrected chi connectivity index (χ0v) is 14.8. The number of nitrogens with zero attached hydrogens (tertiary/aromatic N) is 4. The average Bonchev–Trinajstić information content (AvgIpc) is 2.68. The second-order valence-corrected chi connectivity index (χ2v) is 5.73. The maximum absolute atomic E-state index is 12.5. The molecule has 0 radical (unpaired) electrons. The minimum Gasteiger partial charge on any atom is -0.480 e. The third kappa shape index (κ3) is 3.66. The quantitative estimate of drug-likeness (QED) is 0.762. The number of carbonyl (C=O) groups excluding carboxylic acids is 1. The average molecular weight is 349 g/mol. The molecule has 0 fully saturated rings. The van der Waals surface area contributed by atoms with Gasteiger partial charge in [0.15, 0.2) is 5.82 Å². The van der Waals surface area contributed by atoms with Gasteiger partial charge in [-0.3, -0.25) is 9.78 Å². The molecule has 7 heteroatoms. The summed E-state index contributed by atoms with van der Waals surface area (Å²) in [4.78, 5) is 29.5. The number of pyridine rings is 2. The molecule has 3 heterocycles. The van der Waals surface area contributed by atoms with E-state index in [2.05, 4.69) is 25.3 Å². The van der Waals surface area contributed by atoms with E-state index in [1.807, 2.05) is 26.0 Å². The molecule has 26 heavy (non-hydrogen) atoms. The molecule has 3 aromatic rings. The number of nitrogens with one attached hydrogen (secondary N) is 1. The van der Waals surface area contributed by atoms with Crippen LogP contribution in [-0.2, 0) is 0 Å². The molecule has 0 saturated heterocycles. The first-order chi connectivity index (χ1) is 12.6. The molecule has 1 amide bonds. The van der Waals surface area contributed by atoms with Crippen LogP contribution in [0.15, 0.2) is 49.1 Å². The van der Waals surface area contributed by atoms with Gasteiger partial charge in [-0.15, -0.1) is 0 Å². The molecule has 0 aromatic carbocycles. The molecule has 132 valence electrons. The fourth-order valence-electron chi connectivity index (χ4n) is 2.62. The standard InChI is InChI=1S/C19H19N5O2/c1-12-16(11-22-17(23-12)14-6-9-20-10-7-14)13(2)24-18(25)15-5-4-8-21-19(15)26-3/h4-11,13H,1-3H3,(H,24,25)/t13-/m0/s1. The molecule has 0 saturated carbocycles. The molecule has 1 N–H and O–H groups in total. The molecule has 3 rings (SSSR count). The van der Waals surface area contributed by atoms with Crippen LogP contribution in [-0.4, -0.2) is 33.0 Å². The second kappa shape index (κ2) is 7.69. The van der Waals surface area contributed by atoms with Crippen molar-refractivity contribution in [1.82, 2.24) is 25.3 Å². The molecule has 7 nitrogen and oxygen atoms in total. The van der Waals surface area contributed by atoms with Gasteiger partial charge in [0, 0.05) is 41.6 Å². The number of carbonyl (C=O) groups is 1. The molecule has 0 bridgehead atoms. The van der Waals surface area contributed by atoms with E-state index in [4.69, 9.17) is 4.74 Å². The lowest BCUT2D eigenvalue weighted by atomic mass is 10.1. The summed E-state index contributed by atoms with van der Waals surface area (Å²) in [5.74, 6) is 0.652. The van der Waals surface area contributed by atoms with Crippen molar-refractivity contribution in [1.29, 1.82) is 0 Å². The maximum Gasteiger partial charge on any atom is 0.257 e. The van der Waals surface area contributed by atoms with Crippen LogP contribution >= 0.6 is 0 Å². The van der Waals surface area contributed by atoms with E-state index < -0.39 is 0 Å². The van der Waals surface area contributed by atoms with Crippen LogP contribution < -0.4 is 10.1 Å². The van der Waals surface area contributed by atoms with Crippen LogP contribution in [0.4, 0.5) is 0 Å². The lowest BCUT2D eigenvalue weighted by molar-refractivity contribution is 0.0936. The van der Waals surface area contributed by atoms with Crippen LogP contribution in [0.1, 0.15) is 34.6 Å². The minimum atomic E-state index is -0.265. The Labute approximate surface area is 151 Å². The molecule has 0 spiro atoms. The highest BCUT2D eigenvalue weighted by atomic mass is 16.5. The molecular formula is C19H19N5O2. The summed E-state index contributed by atoms with van der Waals surface area (Å²) in [6.07, 6.45) is 6.72. The number of amides is 1. The predicted molar refractivity (Wildman–Crippen MR) is 96.7 cm³/mol. The summed E-state index contributed by atoms with van der Waals surface area (Å²) in [6.45, 7) is 3.79. The van der Waals surface area contributed by atoms with E-state index in [9.17, 15) is 4.79 Å². The summed E-state index contributed by atoms with van der Waals surface area (Å²) >= 11 is 0. The Kier molecular flexibility index (Phi) is 5.17. The first-order valence-corrected chi connectivity index (χ1v) is 8.14. The van der Waals surface area contributed by atoms with E-state index in [1.54, 1.807) is 36.9 Å². The van der Waals surface area contributed by atoms with Crippen molar-refractivity contribution in [2.45, 2.75) is 19.9 Å². The number of ether oxygens (including phenoxy) is 1. The largest absolute Gasteiger partial charge is 0.480 e. The van der Waals surface area contributed by atoms with E-state index >= 15 is 0 Å². The molecule has 0 aliphatic rings. The fourth-order valence-corrected chi connectivity index (χ4v) is 2.62. The molecule has 1 atom stereocenters. The van der Waals surface area contributed by atoms with Crippen LogP contribution in [0.3, 0.4) is 0 Å². The van der Waals surface area contributed by atoms with Crippen molar-refractivity contribution in [2.75, 3.05) is 7.11 Å². The van der Waals surface area contributed by atoms with Crippen molar-refractivity contribution in [3.8, 4) is 17.3 Å². The smallest absolute Gasteiger partial charge is 0.257 e. The van der Waals surface area contributed by atoms with Gasteiger partial charge in [-0.1, -0.05) is 0 Å². The Morgan fingerprint density at radius 1 is 1.15 bits per heavy atom. The SMILES string of the molecule is COc1ncccc1C(=O)N[C@@H](C)c1cnc(-c2ccncc2)nc1C.